The molecule has 0 spiro atoms. The highest BCUT2D eigenvalue weighted by molar-refractivity contribution is 5.95. The summed E-state index contributed by atoms with van der Waals surface area (Å²) in [4.78, 5) is 15.9. The van der Waals surface area contributed by atoms with Gasteiger partial charge in [0.05, 0.1) is 5.69 Å². The van der Waals surface area contributed by atoms with Crippen LogP contribution in [0.1, 0.15) is 23.8 Å². The summed E-state index contributed by atoms with van der Waals surface area (Å²) < 4.78 is 1.55. The molecule has 6 nitrogen and oxygen atoms in total. The second kappa shape index (κ2) is 4.90. The van der Waals surface area contributed by atoms with Crippen LogP contribution in [-0.2, 0) is 0 Å². The minimum Gasteiger partial charge on any atom is -0.504 e. The average molecular weight is 283 g/mol. The summed E-state index contributed by atoms with van der Waals surface area (Å²) in [7, 11) is 0. The van der Waals surface area contributed by atoms with Gasteiger partial charge in [0.1, 0.15) is 5.69 Å². The van der Waals surface area contributed by atoms with E-state index in [1.807, 2.05) is 0 Å². The number of benzene rings is 1. The first-order chi connectivity index (χ1) is 10.1. The maximum absolute atomic E-state index is 11.8. The molecule has 21 heavy (non-hydrogen) atoms. The van der Waals surface area contributed by atoms with E-state index in [4.69, 9.17) is 0 Å². The molecule has 0 saturated heterocycles. The van der Waals surface area contributed by atoms with Gasteiger partial charge in [0.2, 0.25) is 0 Å². The van der Waals surface area contributed by atoms with E-state index in [0.29, 0.717) is 29.0 Å². The lowest BCUT2D eigenvalue weighted by Gasteiger charge is -2.05. The van der Waals surface area contributed by atoms with Gasteiger partial charge in [-0.2, -0.15) is 5.10 Å². The molecule has 2 aromatic heterocycles. The molecular weight excluding hydrogens is 270 g/mol. The lowest BCUT2D eigenvalue weighted by Crippen LogP contribution is -2.00. The van der Waals surface area contributed by atoms with E-state index in [2.05, 4.69) is 10.1 Å². The number of ketones is 1. The Hall–Kier alpha value is -2.89. The van der Waals surface area contributed by atoms with Gasteiger partial charge in [-0.25, -0.2) is 9.50 Å². The number of Topliss-reactive ketones (excluding diaryl/α,β-unsaturated/α-hetero) is 1. The molecule has 0 aliphatic rings. The molecule has 3 rings (SSSR count). The van der Waals surface area contributed by atoms with Crippen LogP contribution in [0.4, 0.5) is 0 Å². The summed E-state index contributed by atoms with van der Waals surface area (Å²) >= 11 is 0. The summed E-state index contributed by atoms with van der Waals surface area (Å²) in [5.41, 5.74) is 2.25. The van der Waals surface area contributed by atoms with Crippen molar-refractivity contribution in [2.45, 2.75) is 13.3 Å². The zero-order valence-corrected chi connectivity index (χ0v) is 11.3. The van der Waals surface area contributed by atoms with Crippen LogP contribution in [-0.4, -0.2) is 30.6 Å². The number of carbonyl (C=O) groups excluding carboxylic acids is 1. The number of aromatic nitrogens is 3. The number of carbonyl (C=O) groups is 1. The summed E-state index contributed by atoms with van der Waals surface area (Å²) in [5, 5.41) is 23.3. The Kier molecular flexibility index (Phi) is 3.06. The first kappa shape index (κ1) is 13.1. The normalized spacial score (nSPS) is 10.9. The molecule has 6 heteroatoms. The molecule has 2 N–H and O–H groups in total. The van der Waals surface area contributed by atoms with Gasteiger partial charge in [0.15, 0.2) is 22.9 Å². The van der Waals surface area contributed by atoms with Crippen molar-refractivity contribution >= 4 is 11.4 Å². The lowest BCUT2D eigenvalue weighted by molar-refractivity contribution is 0.0983. The van der Waals surface area contributed by atoms with Crippen molar-refractivity contribution in [2.24, 2.45) is 0 Å². The van der Waals surface area contributed by atoms with Gasteiger partial charge in [0, 0.05) is 24.2 Å². The molecule has 0 bridgehead atoms. The van der Waals surface area contributed by atoms with Crippen LogP contribution in [0.5, 0.6) is 11.5 Å². The van der Waals surface area contributed by atoms with Gasteiger partial charge >= 0.3 is 0 Å². The molecule has 0 unspecified atom stereocenters. The Balaban J connectivity index is 2.20. The number of aromatic hydroxyl groups is 2. The number of phenols is 2. The average Bonchev–Trinajstić information content (AvgIpc) is 2.93. The van der Waals surface area contributed by atoms with Crippen molar-refractivity contribution in [3.05, 3.63) is 42.2 Å². The van der Waals surface area contributed by atoms with Crippen LogP contribution in [0.15, 0.2) is 36.5 Å². The molecule has 0 amide bonds. The van der Waals surface area contributed by atoms with Crippen LogP contribution in [0.3, 0.4) is 0 Å². The van der Waals surface area contributed by atoms with E-state index in [1.54, 1.807) is 35.8 Å². The maximum atomic E-state index is 11.8. The van der Waals surface area contributed by atoms with Gasteiger partial charge in [-0.1, -0.05) is 6.92 Å². The minimum absolute atomic E-state index is 0.0556. The molecular formula is C15H13N3O3. The first-order valence-electron chi connectivity index (χ1n) is 6.50. The second-order valence-corrected chi connectivity index (χ2v) is 4.61. The molecule has 0 saturated carbocycles. The molecule has 3 aromatic rings. The van der Waals surface area contributed by atoms with E-state index in [9.17, 15) is 15.0 Å². The van der Waals surface area contributed by atoms with Crippen molar-refractivity contribution in [1.29, 1.82) is 0 Å². The van der Waals surface area contributed by atoms with Crippen molar-refractivity contribution in [3.63, 3.8) is 0 Å². The number of fused-ring (bicyclic) bond motifs is 1. The Morgan fingerprint density at radius 2 is 2.00 bits per heavy atom. The quantitative estimate of drug-likeness (QED) is 0.569. The van der Waals surface area contributed by atoms with Crippen molar-refractivity contribution in [3.8, 4) is 22.8 Å². The lowest BCUT2D eigenvalue weighted by atomic mass is 10.1. The third kappa shape index (κ3) is 2.20. The molecule has 0 aliphatic heterocycles. The zero-order valence-electron chi connectivity index (χ0n) is 11.3. The van der Waals surface area contributed by atoms with Crippen LogP contribution in [0, 0.1) is 0 Å². The molecule has 0 atom stereocenters. The number of nitrogens with zero attached hydrogens (tertiary/aromatic N) is 3. The number of hydrogen-bond acceptors (Lipinski definition) is 5. The summed E-state index contributed by atoms with van der Waals surface area (Å²) in [5.74, 6) is -0.458. The molecule has 2 heterocycles. The number of rotatable bonds is 3. The molecule has 0 radical (unpaired) electrons. The Morgan fingerprint density at radius 3 is 2.71 bits per heavy atom. The van der Waals surface area contributed by atoms with Crippen molar-refractivity contribution < 1.29 is 15.0 Å². The van der Waals surface area contributed by atoms with E-state index < -0.39 is 0 Å². The van der Waals surface area contributed by atoms with Gasteiger partial charge in [0.25, 0.3) is 0 Å². The molecule has 1 aromatic carbocycles. The molecule has 0 aliphatic carbocycles. The highest BCUT2D eigenvalue weighted by Gasteiger charge is 2.13. The summed E-state index contributed by atoms with van der Waals surface area (Å²) in [6.07, 6.45) is 1.98. The third-order valence-corrected chi connectivity index (χ3v) is 3.24. The van der Waals surface area contributed by atoms with Gasteiger partial charge in [-0.15, -0.1) is 0 Å². The Labute approximate surface area is 120 Å². The predicted molar refractivity (Wildman–Crippen MR) is 76.4 cm³/mol. The van der Waals surface area contributed by atoms with Crippen molar-refractivity contribution in [2.75, 3.05) is 0 Å². The van der Waals surface area contributed by atoms with Crippen LogP contribution in [0.25, 0.3) is 16.9 Å². The smallest absolute Gasteiger partial charge is 0.182 e. The standard InChI is InChI=1S/C15H13N3O3/c1-2-12(19)10-8-15-16-6-5-11(18(15)17-10)9-3-4-13(20)14(21)7-9/h3-8,20-21H,2H2,1H3. The molecule has 0 fully saturated rings. The molecule has 106 valence electrons. The Morgan fingerprint density at radius 1 is 1.19 bits per heavy atom. The van der Waals surface area contributed by atoms with Gasteiger partial charge in [-0.3, -0.25) is 4.79 Å². The largest absolute Gasteiger partial charge is 0.504 e. The Bertz CT molecular complexity index is 839. The van der Waals surface area contributed by atoms with Crippen molar-refractivity contribution in [1.82, 2.24) is 14.6 Å². The SMILES string of the molecule is CCC(=O)c1cc2nccc(-c3ccc(O)c(O)c3)n2n1. The van der Waals surface area contributed by atoms with Gasteiger partial charge in [-0.05, 0) is 24.3 Å². The fraction of sp³-hybridized carbons (Fsp3) is 0.133. The van der Waals surface area contributed by atoms with E-state index in [0.717, 1.165) is 0 Å². The first-order valence-corrected chi connectivity index (χ1v) is 6.50. The highest BCUT2D eigenvalue weighted by Crippen LogP contribution is 2.30. The monoisotopic (exact) mass is 283 g/mol. The number of hydrogen-bond donors (Lipinski definition) is 2. The maximum Gasteiger partial charge on any atom is 0.182 e. The minimum atomic E-state index is -0.213. The number of phenolic OH excluding ortho intramolecular Hbond substituents is 2. The van der Waals surface area contributed by atoms with Crippen LogP contribution >= 0.6 is 0 Å². The predicted octanol–water partition coefficient (Wildman–Crippen LogP) is 2.40. The highest BCUT2D eigenvalue weighted by atomic mass is 16.3. The van der Waals surface area contributed by atoms with Gasteiger partial charge < -0.3 is 10.2 Å². The van der Waals surface area contributed by atoms with E-state index in [-0.39, 0.29) is 17.3 Å². The zero-order chi connectivity index (χ0) is 15.0. The van der Waals surface area contributed by atoms with E-state index in [1.165, 1.54) is 12.1 Å². The fourth-order valence-electron chi connectivity index (χ4n) is 2.11. The van der Waals surface area contributed by atoms with Crippen LogP contribution in [0.2, 0.25) is 0 Å². The second-order valence-electron chi connectivity index (χ2n) is 4.61. The fourth-order valence-corrected chi connectivity index (χ4v) is 2.11. The van der Waals surface area contributed by atoms with Crippen LogP contribution < -0.4 is 0 Å². The third-order valence-electron chi connectivity index (χ3n) is 3.24. The topological polar surface area (TPSA) is 87.7 Å². The summed E-state index contributed by atoms with van der Waals surface area (Å²) in [6.45, 7) is 1.78. The summed E-state index contributed by atoms with van der Waals surface area (Å²) in [6, 6.07) is 7.86. The van der Waals surface area contributed by atoms with E-state index >= 15 is 0 Å².